The summed E-state index contributed by atoms with van der Waals surface area (Å²) in [5.74, 6) is 1.71. The van der Waals surface area contributed by atoms with Gasteiger partial charge in [-0.15, -0.1) is 0 Å². The predicted molar refractivity (Wildman–Crippen MR) is 93.3 cm³/mol. The van der Waals surface area contributed by atoms with Crippen LogP contribution in [0.25, 0.3) is 0 Å². The van der Waals surface area contributed by atoms with E-state index < -0.39 is 0 Å². The van der Waals surface area contributed by atoms with E-state index in [2.05, 4.69) is 13.8 Å². The molecule has 6 atom stereocenters. The standard InChI is InChI=1S/C21H30O3/c1-20-9-7-15(23)11-14(20)3-5-16-17-6-4-13(8-10-22)21(17,2)12-18(24)19(16)20/h8,11,16-19,22,24H,3-7,9-10,12H2,1-2H3/b13-8-/t16-,17-,18+,19+,20-,21+/m0/s1. The molecule has 4 aliphatic carbocycles. The second-order valence-electron chi connectivity index (χ2n) is 9.03. The zero-order valence-corrected chi connectivity index (χ0v) is 14.9. The van der Waals surface area contributed by atoms with Gasteiger partial charge < -0.3 is 10.2 Å². The summed E-state index contributed by atoms with van der Waals surface area (Å²) in [6.07, 6.45) is 10.3. The molecular weight excluding hydrogens is 300 g/mol. The van der Waals surface area contributed by atoms with Gasteiger partial charge in [0.05, 0.1) is 12.7 Å². The van der Waals surface area contributed by atoms with E-state index in [1.165, 1.54) is 17.6 Å². The van der Waals surface area contributed by atoms with Gasteiger partial charge in [-0.25, -0.2) is 0 Å². The van der Waals surface area contributed by atoms with Gasteiger partial charge in [0.15, 0.2) is 5.78 Å². The van der Waals surface area contributed by atoms with E-state index >= 15 is 0 Å². The number of fused-ring (bicyclic) bond motifs is 5. The molecule has 3 fully saturated rings. The van der Waals surface area contributed by atoms with Gasteiger partial charge in [0, 0.05) is 6.42 Å². The smallest absolute Gasteiger partial charge is 0.155 e. The molecule has 0 spiro atoms. The van der Waals surface area contributed by atoms with Crippen molar-refractivity contribution in [1.82, 2.24) is 0 Å². The number of hydrogen-bond donors (Lipinski definition) is 2. The van der Waals surface area contributed by atoms with Crippen molar-refractivity contribution in [3.05, 3.63) is 23.3 Å². The lowest BCUT2D eigenvalue weighted by Gasteiger charge is -2.59. The Kier molecular flexibility index (Phi) is 3.81. The van der Waals surface area contributed by atoms with Crippen LogP contribution in [-0.2, 0) is 4.79 Å². The molecule has 0 unspecified atom stereocenters. The first kappa shape index (κ1) is 16.5. The van der Waals surface area contributed by atoms with E-state index in [0.29, 0.717) is 18.3 Å². The second kappa shape index (κ2) is 5.54. The van der Waals surface area contributed by atoms with Crippen molar-refractivity contribution in [2.75, 3.05) is 6.61 Å². The summed E-state index contributed by atoms with van der Waals surface area (Å²) in [5, 5.41) is 20.5. The maximum absolute atomic E-state index is 11.9. The molecule has 4 aliphatic rings. The van der Waals surface area contributed by atoms with Crippen LogP contribution in [0.4, 0.5) is 0 Å². The average Bonchev–Trinajstić information content (AvgIpc) is 2.84. The molecule has 0 aromatic rings. The summed E-state index contributed by atoms with van der Waals surface area (Å²) in [5.41, 5.74) is 2.71. The fourth-order valence-corrected chi connectivity index (χ4v) is 6.98. The average molecular weight is 330 g/mol. The normalized spacial score (nSPS) is 49.4. The van der Waals surface area contributed by atoms with Crippen LogP contribution in [0.3, 0.4) is 0 Å². The molecule has 0 radical (unpaired) electrons. The summed E-state index contributed by atoms with van der Waals surface area (Å²) in [6.45, 7) is 4.71. The third-order valence-corrected chi connectivity index (χ3v) is 8.08. The fourth-order valence-electron chi connectivity index (χ4n) is 6.98. The van der Waals surface area contributed by atoms with Crippen molar-refractivity contribution in [2.24, 2.45) is 28.6 Å². The van der Waals surface area contributed by atoms with Crippen LogP contribution in [-0.4, -0.2) is 28.7 Å². The largest absolute Gasteiger partial charge is 0.393 e. The van der Waals surface area contributed by atoms with Gasteiger partial charge in [0.1, 0.15) is 0 Å². The third kappa shape index (κ3) is 2.13. The predicted octanol–water partition coefficient (Wildman–Crippen LogP) is 3.41. The van der Waals surface area contributed by atoms with Crippen molar-refractivity contribution < 1.29 is 15.0 Å². The van der Waals surface area contributed by atoms with Crippen molar-refractivity contribution in [1.29, 1.82) is 0 Å². The summed E-state index contributed by atoms with van der Waals surface area (Å²) in [4.78, 5) is 11.9. The molecule has 0 aromatic carbocycles. The van der Waals surface area contributed by atoms with Crippen LogP contribution < -0.4 is 0 Å². The highest BCUT2D eigenvalue weighted by Gasteiger charge is 2.60. The van der Waals surface area contributed by atoms with Crippen molar-refractivity contribution in [3.8, 4) is 0 Å². The Morgan fingerprint density at radius 2 is 2.00 bits per heavy atom. The maximum atomic E-state index is 11.9. The number of carbonyl (C=O) groups excluding carboxylic acids is 1. The number of aliphatic hydroxyl groups excluding tert-OH is 2. The first-order valence-electron chi connectivity index (χ1n) is 9.62. The van der Waals surface area contributed by atoms with Crippen LogP contribution in [0.2, 0.25) is 0 Å². The Morgan fingerprint density at radius 3 is 2.75 bits per heavy atom. The molecule has 132 valence electrons. The summed E-state index contributed by atoms with van der Waals surface area (Å²) in [6, 6.07) is 0. The molecule has 0 aromatic heterocycles. The van der Waals surface area contributed by atoms with Crippen molar-refractivity contribution >= 4 is 5.78 Å². The molecule has 0 heterocycles. The minimum atomic E-state index is -0.307. The second-order valence-corrected chi connectivity index (χ2v) is 9.03. The van der Waals surface area contributed by atoms with E-state index in [-0.39, 0.29) is 35.2 Å². The fraction of sp³-hybridized carbons (Fsp3) is 0.762. The molecule has 2 N–H and O–H groups in total. The molecule has 4 rings (SSSR count). The molecule has 3 saturated carbocycles. The van der Waals surface area contributed by atoms with Gasteiger partial charge >= 0.3 is 0 Å². The van der Waals surface area contributed by atoms with Crippen LogP contribution >= 0.6 is 0 Å². The quantitative estimate of drug-likeness (QED) is 0.725. The summed E-state index contributed by atoms with van der Waals surface area (Å²) < 4.78 is 0. The third-order valence-electron chi connectivity index (χ3n) is 8.08. The van der Waals surface area contributed by atoms with Gasteiger partial charge in [-0.3, -0.25) is 4.79 Å². The van der Waals surface area contributed by atoms with Gasteiger partial charge in [-0.2, -0.15) is 0 Å². The Hall–Kier alpha value is -0.930. The zero-order chi connectivity index (χ0) is 17.1. The number of ketones is 1. The van der Waals surface area contributed by atoms with E-state index in [0.717, 1.165) is 32.1 Å². The minimum Gasteiger partial charge on any atom is -0.393 e. The van der Waals surface area contributed by atoms with Gasteiger partial charge in [-0.05, 0) is 73.2 Å². The summed E-state index contributed by atoms with van der Waals surface area (Å²) >= 11 is 0. The molecule has 24 heavy (non-hydrogen) atoms. The molecule has 0 bridgehead atoms. The van der Waals surface area contributed by atoms with Gasteiger partial charge in [0.25, 0.3) is 0 Å². The zero-order valence-electron chi connectivity index (χ0n) is 14.9. The monoisotopic (exact) mass is 330 g/mol. The number of carbonyl (C=O) groups is 1. The molecule has 0 saturated heterocycles. The molecule has 3 nitrogen and oxygen atoms in total. The first-order chi connectivity index (χ1) is 11.4. The Balaban J connectivity index is 1.72. The molecular formula is C21H30O3. The van der Waals surface area contributed by atoms with Crippen LogP contribution in [0.15, 0.2) is 23.3 Å². The topological polar surface area (TPSA) is 57.5 Å². The SMILES string of the molecule is C[C@]12CCC(=O)C=C1CC[C@@H]1[C@@H]2[C@H](O)C[C@]2(C)/C(=C\CO)CC[C@@H]12. The van der Waals surface area contributed by atoms with E-state index in [1.807, 2.05) is 12.2 Å². The van der Waals surface area contributed by atoms with Crippen molar-refractivity contribution in [3.63, 3.8) is 0 Å². The number of aliphatic hydroxyl groups is 2. The maximum Gasteiger partial charge on any atom is 0.155 e. The van der Waals surface area contributed by atoms with E-state index in [1.54, 1.807) is 0 Å². The van der Waals surface area contributed by atoms with Gasteiger partial charge in [-0.1, -0.05) is 31.1 Å². The molecule has 0 amide bonds. The van der Waals surface area contributed by atoms with Gasteiger partial charge in [0.2, 0.25) is 0 Å². The Labute approximate surface area is 144 Å². The first-order valence-corrected chi connectivity index (χ1v) is 9.62. The van der Waals surface area contributed by atoms with Crippen LogP contribution in [0, 0.1) is 28.6 Å². The number of hydrogen-bond acceptors (Lipinski definition) is 3. The van der Waals surface area contributed by atoms with Crippen LogP contribution in [0.1, 0.15) is 58.8 Å². The molecule has 3 heteroatoms. The molecule has 0 aliphatic heterocycles. The lowest BCUT2D eigenvalue weighted by Crippen LogP contribution is -2.55. The summed E-state index contributed by atoms with van der Waals surface area (Å²) in [7, 11) is 0. The number of rotatable bonds is 1. The highest BCUT2D eigenvalue weighted by atomic mass is 16.3. The Morgan fingerprint density at radius 1 is 1.21 bits per heavy atom. The highest BCUT2D eigenvalue weighted by Crippen LogP contribution is 2.66. The van der Waals surface area contributed by atoms with E-state index in [9.17, 15) is 15.0 Å². The lowest BCUT2D eigenvalue weighted by molar-refractivity contribution is -0.124. The van der Waals surface area contributed by atoms with Crippen molar-refractivity contribution in [2.45, 2.75) is 64.9 Å². The highest BCUT2D eigenvalue weighted by molar-refractivity contribution is 5.91. The minimum absolute atomic E-state index is 0.00101. The lowest BCUT2D eigenvalue weighted by atomic mass is 9.46. The van der Waals surface area contributed by atoms with E-state index in [4.69, 9.17) is 0 Å². The number of allylic oxidation sites excluding steroid dienone is 2. The Bertz CT molecular complexity index is 619. The van der Waals surface area contributed by atoms with Crippen LogP contribution in [0.5, 0.6) is 0 Å².